The van der Waals surface area contributed by atoms with E-state index in [4.69, 9.17) is 4.98 Å². The number of aliphatic hydroxyl groups excluding tert-OH is 1. The van der Waals surface area contributed by atoms with Crippen molar-refractivity contribution >= 4 is 22.9 Å². The number of aliphatic hydroxyl groups is 1. The molecule has 1 aromatic carbocycles. The SMILES string of the molecule is CC(C)(C)NSc1cccc(-c2ccc3[nH]c(CN4CCC[C@@H]4CO)cc3c2)n1. The Balaban J connectivity index is 1.53. The summed E-state index contributed by atoms with van der Waals surface area (Å²) < 4.78 is 3.42. The van der Waals surface area contributed by atoms with Gasteiger partial charge in [-0.2, -0.15) is 0 Å². The van der Waals surface area contributed by atoms with Crippen molar-refractivity contribution in [3.05, 3.63) is 48.2 Å². The third-order valence-electron chi connectivity index (χ3n) is 5.24. The Kier molecular flexibility index (Phi) is 5.97. The second-order valence-electron chi connectivity index (χ2n) is 8.86. The van der Waals surface area contributed by atoms with Gasteiger partial charge in [-0.3, -0.25) is 9.62 Å². The van der Waals surface area contributed by atoms with E-state index in [1.807, 2.05) is 6.07 Å². The first-order chi connectivity index (χ1) is 13.9. The standard InChI is InChI=1S/C23H30N4OS/c1-23(2,3)26-29-22-8-4-7-20(25-22)16-9-10-21-17(12-16)13-18(24-21)14-27-11-5-6-19(27)15-28/h4,7-10,12-13,19,24,26,28H,5-6,11,14-15H2,1-3H3/t19-/m1/s1. The zero-order chi connectivity index (χ0) is 20.4. The van der Waals surface area contributed by atoms with Crippen LogP contribution in [0.4, 0.5) is 0 Å². The molecule has 0 saturated carbocycles. The zero-order valence-electron chi connectivity index (χ0n) is 17.4. The number of fused-ring (bicyclic) bond motifs is 1. The van der Waals surface area contributed by atoms with Crippen LogP contribution in [0.25, 0.3) is 22.2 Å². The fourth-order valence-electron chi connectivity index (χ4n) is 3.80. The molecule has 4 rings (SSSR count). The molecule has 0 spiro atoms. The molecule has 5 nitrogen and oxygen atoms in total. The van der Waals surface area contributed by atoms with Crippen LogP contribution in [0.1, 0.15) is 39.3 Å². The predicted molar refractivity (Wildman–Crippen MR) is 121 cm³/mol. The summed E-state index contributed by atoms with van der Waals surface area (Å²) in [5.74, 6) is 0. The minimum absolute atomic E-state index is 0.0349. The smallest absolute Gasteiger partial charge is 0.112 e. The summed E-state index contributed by atoms with van der Waals surface area (Å²) in [7, 11) is 0. The average molecular weight is 411 g/mol. The molecule has 1 fully saturated rings. The first-order valence-corrected chi connectivity index (χ1v) is 11.1. The molecule has 1 aliphatic heterocycles. The minimum atomic E-state index is 0.0349. The van der Waals surface area contributed by atoms with Gasteiger partial charge in [-0.15, -0.1) is 0 Å². The van der Waals surface area contributed by atoms with Gasteiger partial charge in [-0.25, -0.2) is 4.98 Å². The summed E-state index contributed by atoms with van der Waals surface area (Å²) in [6, 6.07) is 15.1. The summed E-state index contributed by atoms with van der Waals surface area (Å²) in [4.78, 5) is 10.7. The predicted octanol–water partition coefficient (Wildman–Crippen LogP) is 4.58. The lowest BCUT2D eigenvalue weighted by molar-refractivity contribution is 0.152. The van der Waals surface area contributed by atoms with Crippen molar-refractivity contribution in [3.63, 3.8) is 0 Å². The Labute approximate surface area is 177 Å². The molecule has 3 aromatic rings. The second-order valence-corrected chi connectivity index (χ2v) is 9.69. The first kappa shape index (κ1) is 20.4. The molecule has 1 aliphatic rings. The number of nitrogens with one attached hydrogen (secondary N) is 2. The summed E-state index contributed by atoms with van der Waals surface area (Å²) >= 11 is 1.57. The second kappa shape index (κ2) is 8.48. The number of hydrogen-bond acceptors (Lipinski definition) is 5. The fraction of sp³-hybridized carbons (Fsp3) is 0.435. The Morgan fingerprint density at radius 3 is 2.90 bits per heavy atom. The van der Waals surface area contributed by atoms with Crippen molar-refractivity contribution in [1.82, 2.24) is 19.6 Å². The van der Waals surface area contributed by atoms with Gasteiger partial charge in [0.2, 0.25) is 0 Å². The Morgan fingerprint density at radius 1 is 1.24 bits per heavy atom. The monoisotopic (exact) mass is 410 g/mol. The maximum atomic E-state index is 9.56. The maximum absolute atomic E-state index is 9.56. The van der Waals surface area contributed by atoms with E-state index in [1.54, 1.807) is 11.9 Å². The molecule has 0 radical (unpaired) electrons. The highest BCUT2D eigenvalue weighted by Gasteiger charge is 2.24. The van der Waals surface area contributed by atoms with Crippen LogP contribution in [0, 0.1) is 0 Å². The molecular formula is C23H30N4OS. The summed E-state index contributed by atoms with van der Waals surface area (Å²) in [5, 5.41) is 11.7. The minimum Gasteiger partial charge on any atom is -0.395 e. The van der Waals surface area contributed by atoms with Crippen LogP contribution >= 0.6 is 11.9 Å². The average Bonchev–Trinajstić information content (AvgIpc) is 3.31. The lowest BCUT2D eigenvalue weighted by Crippen LogP contribution is -2.31. The lowest BCUT2D eigenvalue weighted by atomic mass is 10.1. The van der Waals surface area contributed by atoms with Crippen LogP contribution in [0.3, 0.4) is 0 Å². The van der Waals surface area contributed by atoms with E-state index >= 15 is 0 Å². The molecule has 0 bridgehead atoms. The third-order valence-corrected chi connectivity index (χ3v) is 6.39. The first-order valence-electron chi connectivity index (χ1n) is 10.3. The van der Waals surface area contributed by atoms with E-state index in [0.29, 0.717) is 6.04 Å². The van der Waals surface area contributed by atoms with Crippen LogP contribution in [0.2, 0.25) is 0 Å². The van der Waals surface area contributed by atoms with Gasteiger partial charge in [0.1, 0.15) is 5.03 Å². The van der Waals surface area contributed by atoms with Crippen molar-refractivity contribution in [2.75, 3.05) is 13.2 Å². The van der Waals surface area contributed by atoms with Crippen LogP contribution in [0.5, 0.6) is 0 Å². The molecule has 154 valence electrons. The summed E-state index contributed by atoms with van der Waals surface area (Å²) in [6.45, 7) is 8.60. The van der Waals surface area contributed by atoms with Crippen LogP contribution in [-0.4, -0.2) is 44.7 Å². The van der Waals surface area contributed by atoms with Gasteiger partial charge < -0.3 is 10.1 Å². The third kappa shape index (κ3) is 5.01. The number of likely N-dealkylation sites (tertiary alicyclic amines) is 1. The van der Waals surface area contributed by atoms with E-state index < -0.39 is 0 Å². The van der Waals surface area contributed by atoms with Crippen molar-refractivity contribution in [2.24, 2.45) is 0 Å². The highest BCUT2D eigenvalue weighted by atomic mass is 32.2. The number of rotatable bonds is 6. The molecule has 1 atom stereocenters. The van der Waals surface area contributed by atoms with Gasteiger partial charge in [-0.05, 0) is 82.4 Å². The molecule has 0 aliphatic carbocycles. The quantitative estimate of drug-likeness (QED) is 0.519. The lowest BCUT2D eigenvalue weighted by Gasteiger charge is -2.21. The Hall–Kier alpha value is -1.86. The molecule has 2 aromatic heterocycles. The van der Waals surface area contributed by atoms with E-state index in [1.165, 1.54) is 17.5 Å². The number of hydrogen-bond donors (Lipinski definition) is 3. The van der Waals surface area contributed by atoms with Crippen molar-refractivity contribution in [2.45, 2.75) is 56.8 Å². The van der Waals surface area contributed by atoms with Gasteiger partial charge in [0.25, 0.3) is 0 Å². The van der Waals surface area contributed by atoms with Crippen LogP contribution < -0.4 is 4.72 Å². The Morgan fingerprint density at radius 2 is 2.10 bits per heavy atom. The van der Waals surface area contributed by atoms with Gasteiger partial charge in [0.15, 0.2) is 0 Å². The number of aromatic nitrogens is 2. The number of pyridine rings is 1. The molecule has 6 heteroatoms. The normalized spacial score (nSPS) is 18.0. The molecule has 3 N–H and O–H groups in total. The maximum Gasteiger partial charge on any atom is 0.112 e. The van der Waals surface area contributed by atoms with Crippen molar-refractivity contribution in [1.29, 1.82) is 0 Å². The number of H-pyrrole nitrogens is 1. The fourth-order valence-corrected chi connectivity index (χ4v) is 4.51. The van der Waals surface area contributed by atoms with E-state index in [0.717, 1.165) is 41.3 Å². The van der Waals surface area contributed by atoms with Gasteiger partial charge in [-0.1, -0.05) is 12.1 Å². The van der Waals surface area contributed by atoms with Gasteiger partial charge in [0, 0.05) is 40.3 Å². The number of nitrogens with zero attached hydrogens (tertiary/aromatic N) is 2. The van der Waals surface area contributed by atoms with E-state index in [9.17, 15) is 5.11 Å². The Bertz CT molecular complexity index is 978. The summed E-state index contributed by atoms with van der Waals surface area (Å²) in [6.07, 6.45) is 2.25. The van der Waals surface area contributed by atoms with Crippen molar-refractivity contribution in [3.8, 4) is 11.3 Å². The van der Waals surface area contributed by atoms with Gasteiger partial charge >= 0.3 is 0 Å². The molecule has 3 heterocycles. The summed E-state index contributed by atoms with van der Waals surface area (Å²) in [5.41, 5.74) is 4.48. The zero-order valence-corrected chi connectivity index (χ0v) is 18.2. The van der Waals surface area contributed by atoms with E-state index in [-0.39, 0.29) is 12.1 Å². The number of benzene rings is 1. The largest absolute Gasteiger partial charge is 0.395 e. The molecular weight excluding hydrogens is 380 g/mol. The highest BCUT2D eigenvalue weighted by molar-refractivity contribution is 7.97. The van der Waals surface area contributed by atoms with Crippen LogP contribution in [-0.2, 0) is 6.54 Å². The van der Waals surface area contributed by atoms with Gasteiger partial charge in [0.05, 0.1) is 12.3 Å². The molecule has 29 heavy (non-hydrogen) atoms. The molecule has 1 saturated heterocycles. The molecule has 0 unspecified atom stereocenters. The van der Waals surface area contributed by atoms with Crippen molar-refractivity contribution < 1.29 is 5.11 Å². The van der Waals surface area contributed by atoms with E-state index in [2.05, 4.69) is 71.8 Å². The highest BCUT2D eigenvalue weighted by Crippen LogP contribution is 2.27. The molecule has 0 amide bonds. The topological polar surface area (TPSA) is 64.2 Å². The van der Waals surface area contributed by atoms with Crippen LogP contribution in [0.15, 0.2) is 47.5 Å². The number of aromatic amines is 1.